The van der Waals surface area contributed by atoms with E-state index in [1.165, 1.54) is 23.1 Å². The number of benzene rings is 1. The van der Waals surface area contributed by atoms with Crippen molar-refractivity contribution < 1.29 is 32.7 Å². The van der Waals surface area contributed by atoms with Crippen LogP contribution in [0.25, 0.3) is 11.1 Å². The maximum Gasteiger partial charge on any atom is 0.408 e. The quantitative estimate of drug-likeness (QED) is 0.469. The number of unbranched alkanes of at least 4 members (excludes halogenated alkanes) is 3. The Kier molecular flexibility index (Phi) is 8.75. The predicted molar refractivity (Wildman–Crippen MR) is 130 cm³/mol. The van der Waals surface area contributed by atoms with Crippen LogP contribution in [-0.4, -0.2) is 58.1 Å². The van der Waals surface area contributed by atoms with Crippen molar-refractivity contribution in [1.82, 2.24) is 15.2 Å². The predicted octanol–water partition coefficient (Wildman–Crippen LogP) is 3.66. The van der Waals surface area contributed by atoms with Crippen LogP contribution in [0.15, 0.2) is 22.6 Å². The molecule has 1 aromatic heterocycles. The number of rotatable bonds is 10. The molecule has 3 atom stereocenters. The van der Waals surface area contributed by atoms with Crippen molar-refractivity contribution >= 4 is 29.0 Å². The molecular weight excluding hydrogens is 471 g/mol. The van der Waals surface area contributed by atoms with Gasteiger partial charge in [0, 0.05) is 12.5 Å². The van der Waals surface area contributed by atoms with Crippen LogP contribution in [0.1, 0.15) is 66.2 Å². The lowest BCUT2D eigenvalue weighted by atomic mass is 10.1. The fraction of sp³-hybridized carbons (Fsp3) is 0.600. The number of likely N-dealkylation sites (tertiary alicyclic amines) is 1. The Bertz CT molecular complexity index is 1080. The van der Waals surface area contributed by atoms with Crippen molar-refractivity contribution in [2.75, 3.05) is 6.54 Å². The van der Waals surface area contributed by atoms with Gasteiger partial charge in [0.1, 0.15) is 35.1 Å². The SMILES string of the molecule is CCCCCC[C@H](NC(=O)OC(C)(C)C)C(=O)N1C[C@H](Oc2nc3ccc(F)cc3o2)C[C@H]1C(N)=O. The molecule has 1 aromatic carbocycles. The molecule has 198 valence electrons. The van der Waals surface area contributed by atoms with E-state index in [9.17, 15) is 18.8 Å². The van der Waals surface area contributed by atoms with E-state index >= 15 is 0 Å². The summed E-state index contributed by atoms with van der Waals surface area (Å²) in [6.07, 6.45) is 2.73. The molecule has 0 aliphatic carbocycles. The van der Waals surface area contributed by atoms with Gasteiger partial charge in [-0.25, -0.2) is 9.18 Å². The molecule has 10 nitrogen and oxygen atoms in total. The number of nitrogens with zero attached hydrogens (tertiary/aromatic N) is 2. The van der Waals surface area contributed by atoms with Crippen LogP contribution in [0.2, 0.25) is 0 Å². The van der Waals surface area contributed by atoms with Crippen LogP contribution in [-0.2, 0) is 14.3 Å². The fourth-order valence-corrected chi connectivity index (χ4v) is 4.15. The summed E-state index contributed by atoms with van der Waals surface area (Å²) in [6.45, 7) is 7.32. The van der Waals surface area contributed by atoms with Gasteiger partial charge in [-0.1, -0.05) is 32.6 Å². The summed E-state index contributed by atoms with van der Waals surface area (Å²) in [5.74, 6) is -1.60. The van der Waals surface area contributed by atoms with Crippen LogP contribution in [0.4, 0.5) is 9.18 Å². The molecule has 0 radical (unpaired) electrons. The average molecular weight is 507 g/mol. The minimum atomic E-state index is -0.928. The molecular formula is C25H35FN4O6. The van der Waals surface area contributed by atoms with Gasteiger partial charge >= 0.3 is 12.2 Å². The Hall–Kier alpha value is -3.37. The van der Waals surface area contributed by atoms with E-state index in [4.69, 9.17) is 19.6 Å². The number of aromatic nitrogens is 1. The van der Waals surface area contributed by atoms with E-state index in [0.29, 0.717) is 18.4 Å². The highest BCUT2D eigenvalue weighted by Gasteiger charge is 2.42. The molecule has 2 aromatic rings. The second-order valence-corrected chi connectivity index (χ2v) is 10.0. The maximum atomic E-state index is 13.5. The van der Waals surface area contributed by atoms with Crippen molar-refractivity contribution in [3.63, 3.8) is 0 Å². The number of primary amides is 1. The van der Waals surface area contributed by atoms with Crippen molar-refractivity contribution in [1.29, 1.82) is 0 Å². The van der Waals surface area contributed by atoms with Gasteiger partial charge in [-0.2, -0.15) is 4.98 Å². The molecule has 3 amide bonds. The average Bonchev–Trinajstić information content (AvgIpc) is 3.37. The molecule has 3 N–H and O–H groups in total. The van der Waals surface area contributed by atoms with Gasteiger partial charge < -0.3 is 29.8 Å². The molecule has 0 unspecified atom stereocenters. The third-order valence-electron chi connectivity index (χ3n) is 5.81. The van der Waals surface area contributed by atoms with Crippen molar-refractivity contribution in [2.24, 2.45) is 5.73 Å². The number of carbonyl (C=O) groups excluding carboxylic acids is 3. The molecule has 1 aliphatic rings. The molecule has 1 saturated heterocycles. The summed E-state index contributed by atoms with van der Waals surface area (Å²) in [5.41, 5.74) is 5.50. The highest BCUT2D eigenvalue weighted by molar-refractivity contribution is 5.91. The molecule has 36 heavy (non-hydrogen) atoms. The fourth-order valence-electron chi connectivity index (χ4n) is 4.15. The Morgan fingerprint density at radius 3 is 2.69 bits per heavy atom. The molecule has 0 bridgehead atoms. The van der Waals surface area contributed by atoms with Gasteiger partial charge in [-0.05, 0) is 39.3 Å². The maximum absolute atomic E-state index is 13.5. The van der Waals surface area contributed by atoms with Gasteiger partial charge in [0.05, 0.1) is 6.54 Å². The van der Waals surface area contributed by atoms with E-state index in [2.05, 4.69) is 17.2 Å². The summed E-state index contributed by atoms with van der Waals surface area (Å²) >= 11 is 0. The number of hydrogen-bond acceptors (Lipinski definition) is 7. The first-order valence-corrected chi connectivity index (χ1v) is 12.3. The normalized spacial score (nSPS) is 18.8. The van der Waals surface area contributed by atoms with Crippen LogP contribution in [0.3, 0.4) is 0 Å². The standard InChI is InChI=1S/C25H35FN4O6/c1-5-6-7-8-9-18(28-23(33)36-25(2,3)4)22(32)30-14-16(13-19(30)21(27)31)34-24-29-17-11-10-15(26)12-20(17)35-24/h10-12,16,18-19H,5-9,13-14H2,1-4H3,(H2,27,31)(H,28,33)/t16-,18+,19+/m1/s1. The first-order valence-electron chi connectivity index (χ1n) is 12.3. The molecule has 3 rings (SSSR count). The van der Waals surface area contributed by atoms with Gasteiger partial charge in [-0.15, -0.1) is 0 Å². The number of halogens is 1. The minimum Gasteiger partial charge on any atom is -0.445 e. The van der Waals surface area contributed by atoms with E-state index in [1.807, 2.05) is 0 Å². The molecule has 1 aliphatic heterocycles. The van der Waals surface area contributed by atoms with E-state index in [1.54, 1.807) is 20.8 Å². The number of fused-ring (bicyclic) bond motifs is 1. The number of carbonyl (C=O) groups is 3. The van der Waals surface area contributed by atoms with E-state index in [-0.39, 0.29) is 24.6 Å². The molecule has 11 heteroatoms. The third-order valence-corrected chi connectivity index (χ3v) is 5.81. The number of ether oxygens (including phenoxy) is 2. The second-order valence-electron chi connectivity index (χ2n) is 10.0. The Balaban J connectivity index is 1.73. The number of hydrogen-bond donors (Lipinski definition) is 2. The number of oxazole rings is 1. The zero-order valence-corrected chi connectivity index (χ0v) is 21.2. The lowest BCUT2D eigenvalue weighted by molar-refractivity contribution is -0.139. The summed E-state index contributed by atoms with van der Waals surface area (Å²) in [6, 6.07) is 2.10. The van der Waals surface area contributed by atoms with Gasteiger partial charge in [-0.3, -0.25) is 9.59 Å². The van der Waals surface area contributed by atoms with Gasteiger partial charge in [0.15, 0.2) is 5.58 Å². The van der Waals surface area contributed by atoms with Crippen molar-refractivity contribution in [3.8, 4) is 6.08 Å². The monoisotopic (exact) mass is 506 g/mol. The summed E-state index contributed by atoms with van der Waals surface area (Å²) in [4.78, 5) is 43.7. The molecule has 1 fully saturated rings. The summed E-state index contributed by atoms with van der Waals surface area (Å²) in [7, 11) is 0. The largest absolute Gasteiger partial charge is 0.445 e. The zero-order valence-electron chi connectivity index (χ0n) is 21.2. The smallest absolute Gasteiger partial charge is 0.408 e. The van der Waals surface area contributed by atoms with Crippen molar-refractivity contribution in [2.45, 2.75) is 90.0 Å². The Morgan fingerprint density at radius 2 is 2.03 bits per heavy atom. The van der Waals surface area contributed by atoms with E-state index < -0.39 is 47.5 Å². The lowest BCUT2D eigenvalue weighted by Crippen LogP contribution is -2.53. The van der Waals surface area contributed by atoms with Gasteiger partial charge in [0.25, 0.3) is 0 Å². The first-order chi connectivity index (χ1) is 17.0. The molecule has 0 spiro atoms. The highest BCUT2D eigenvalue weighted by Crippen LogP contribution is 2.27. The van der Waals surface area contributed by atoms with Gasteiger partial charge in [0.2, 0.25) is 11.8 Å². The number of alkyl carbamates (subject to hydrolysis) is 1. The Morgan fingerprint density at radius 1 is 1.28 bits per heavy atom. The third kappa shape index (κ3) is 7.32. The van der Waals surface area contributed by atoms with Crippen LogP contribution >= 0.6 is 0 Å². The number of nitrogens with two attached hydrogens (primary N) is 1. The van der Waals surface area contributed by atoms with E-state index in [0.717, 1.165) is 19.3 Å². The topological polar surface area (TPSA) is 137 Å². The zero-order chi connectivity index (χ0) is 26.5. The lowest BCUT2D eigenvalue weighted by Gasteiger charge is -2.28. The number of amides is 3. The molecule has 0 saturated carbocycles. The van der Waals surface area contributed by atoms with Crippen LogP contribution in [0.5, 0.6) is 6.08 Å². The first kappa shape index (κ1) is 27.2. The Labute approximate surface area is 209 Å². The second kappa shape index (κ2) is 11.6. The van der Waals surface area contributed by atoms with Crippen LogP contribution < -0.4 is 15.8 Å². The number of nitrogens with one attached hydrogen (secondary N) is 1. The molecule has 2 heterocycles. The van der Waals surface area contributed by atoms with Crippen molar-refractivity contribution in [3.05, 3.63) is 24.0 Å². The summed E-state index contributed by atoms with van der Waals surface area (Å²) < 4.78 is 30.0. The minimum absolute atomic E-state index is 0.0426. The highest BCUT2D eigenvalue weighted by atomic mass is 19.1. The van der Waals surface area contributed by atoms with Crippen LogP contribution in [0, 0.1) is 5.82 Å². The summed E-state index contributed by atoms with van der Waals surface area (Å²) in [5, 5.41) is 2.66.